The summed E-state index contributed by atoms with van der Waals surface area (Å²) in [5.74, 6) is -0.143. The minimum Gasteiger partial charge on any atom is -0.326 e. The average Bonchev–Trinajstić information content (AvgIpc) is 3.09. The number of rotatable bonds is 3. The maximum Gasteiger partial charge on any atom is 0.226 e. The molecule has 1 atom stereocenters. The van der Waals surface area contributed by atoms with Crippen LogP contribution in [-0.2, 0) is 22.4 Å². The monoisotopic (exact) mass is 346 g/mol. The molecule has 0 fully saturated rings. The molecule has 4 heteroatoms. The number of hydrogen-bond donors (Lipinski definition) is 1. The third kappa shape index (κ3) is 3.15. The summed E-state index contributed by atoms with van der Waals surface area (Å²) in [6, 6.07) is 13.8. The summed E-state index contributed by atoms with van der Waals surface area (Å²) >= 11 is 0. The maximum atomic E-state index is 12.7. The van der Waals surface area contributed by atoms with Crippen LogP contribution in [0.25, 0.3) is 6.08 Å². The molecule has 4 rings (SSSR count). The number of benzene rings is 2. The highest BCUT2D eigenvalue weighted by atomic mass is 16.2. The van der Waals surface area contributed by atoms with Crippen LogP contribution in [0, 0.1) is 0 Å². The van der Waals surface area contributed by atoms with Crippen molar-refractivity contribution < 1.29 is 9.59 Å². The largest absolute Gasteiger partial charge is 0.326 e. The lowest BCUT2D eigenvalue weighted by molar-refractivity contribution is -0.129. The van der Waals surface area contributed by atoms with Gasteiger partial charge in [0.2, 0.25) is 11.8 Å². The molecular formula is C22H22N2O2. The van der Waals surface area contributed by atoms with Crippen molar-refractivity contribution in [3.8, 4) is 0 Å². The number of carbonyl (C=O) groups is 2. The van der Waals surface area contributed by atoms with Crippen molar-refractivity contribution in [3.05, 3.63) is 70.9 Å². The first-order valence-corrected chi connectivity index (χ1v) is 9.09. The van der Waals surface area contributed by atoms with Crippen LogP contribution in [-0.4, -0.2) is 16.7 Å². The van der Waals surface area contributed by atoms with Gasteiger partial charge in [0.15, 0.2) is 0 Å². The Kier molecular flexibility index (Phi) is 4.33. The summed E-state index contributed by atoms with van der Waals surface area (Å²) in [6.45, 7) is 1.53. The molecule has 0 saturated heterocycles. The van der Waals surface area contributed by atoms with Gasteiger partial charge in [-0.2, -0.15) is 0 Å². The predicted molar refractivity (Wildman–Crippen MR) is 102 cm³/mol. The van der Waals surface area contributed by atoms with Gasteiger partial charge in [-0.05, 0) is 59.7 Å². The van der Waals surface area contributed by atoms with E-state index < -0.39 is 0 Å². The van der Waals surface area contributed by atoms with Crippen LogP contribution in [0.4, 0.5) is 5.69 Å². The Labute approximate surface area is 153 Å². The van der Waals surface area contributed by atoms with Crippen molar-refractivity contribution in [1.29, 1.82) is 0 Å². The summed E-state index contributed by atoms with van der Waals surface area (Å²) in [6.07, 6.45) is 7.33. The van der Waals surface area contributed by atoms with Gasteiger partial charge in [-0.15, -0.1) is 0 Å². The van der Waals surface area contributed by atoms with Crippen LogP contribution in [0.15, 0.2) is 48.7 Å². The summed E-state index contributed by atoms with van der Waals surface area (Å²) in [4.78, 5) is 26.4. The molecule has 0 radical (unpaired) electrons. The minimum atomic E-state index is -0.275. The molecule has 26 heavy (non-hydrogen) atoms. The van der Waals surface area contributed by atoms with Crippen LogP contribution in [0.3, 0.4) is 0 Å². The molecule has 1 heterocycles. The lowest BCUT2D eigenvalue weighted by atomic mass is 9.93. The Bertz CT molecular complexity index is 901. The van der Waals surface area contributed by atoms with Crippen molar-refractivity contribution in [2.75, 3.05) is 5.32 Å². The van der Waals surface area contributed by atoms with E-state index in [-0.39, 0.29) is 24.3 Å². The van der Waals surface area contributed by atoms with Gasteiger partial charge >= 0.3 is 0 Å². The van der Waals surface area contributed by atoms with Crippen LogP contribution in [0.5, 0.6) is 0 Å². The maximum absolute atomic E-state index is 12.7. The number of amides is 2. The standard InChI is InChI=1S/C22H22N2O2/c1-15(25)24-12-11-17-5-2-3-8-20(17)21(24)14-22(26)23-19-10-9-16-6-4-7-18(16)13-19/h2-3,5,8-13,21H,4,6-7,14H2,1H3,(H,23,26). The molecule has 0 bridgehead atoms. The van der Waals surface area contributed by atoms with E-state index in [4.69, 9.17) is 0 Å². The number of nitrogens with zero attached hydrogens (tertiary/aromatic N) is 1. The van der Waals surface area contributed by atoms with Gasteiger partial charge in [0.25, 0.3) is 0 Å². The lowest BCUT2D eigenvalue weighted by Crippen LogP contribution is -2.33. The Morgan fingerprint density at radius 3 is 2.77 bits per heavy atom. The second-order valence-corrected chi connectivity index (χ2v) is 6.98. The third-order valence-corrected chi connectivity index (χ3v) is 5.23. The zero-order chi connectivity index (χ0) is 18.1. The molecular weight excluding hydrogens is 324 g/mol. The molecule has 132 valence electrons. The molecule has 2 aliphatic rings. The summed E-state index contributed by atoms with van der Waals surface area (Å²) in [5.41, 5.74) is 5.62. The third-order valence-electron chi connectivity index (χ3n) is 5.23. The van der Waals surface area contributed by atoms with Crippen molar-refractivity contribution in [2.24, 2.45) is 0 Å². The first-order valence-electron chi connectivity index (χ1n) is 9.09. The molecule has 1 aliphatic carbocycles. The van der Waals surface area contributed by atoms with E-state index in [0.29, 0.717) is 0 Å². The van der Waals surface area contributed by atoms with E-state index in [1.807, 2.05) is 36.4 Å². The number of aryl methyl sites for hydroxylation is 2. The fourth-order valence-electron chi connectivity index (χ4n) is 3.95. The Balaban J connectivity index is 1.53. The molecule has 2 aromatic carbocycles. The van der Waals surface area contributed by atoms with Gasteiger partial charge in [0.1, 0.15) is 0 Å². The Hall–Kier alpha value is -2.88. The van der Waals surface area contributed by atoms with E-state index >= 15 is 0 Å². The van der Waals surface area contributed by atoms with E-state index in [9.17, 15) is 9.59 Å². The fraction of sp³-hybridized carbons (Fsp3) is 0.273. The van der Waals surface area contributed by atoms with Gasteiger partial charge in [0, 0.05) is 18.8 Å². The first kappa shape index (κ1) is 16.6. The van der Waals surface area contributed by atoms with Crippen molar-refractivity contribution >= 4 is 23.6 Å². The number of fused-ring (bicyclic) bond motifs is 2. The van der Waals surface area contributed by atoms with Crippen molar-refractivity contribution in [2.45, 2.75) is 38.6 Å². The Morgan fingerprint density at radius 2 is 1.92 bits per heavy atom. The highest BCUT2D eigenvalue weighted by Crippen LogP contribution is 2.33. The first-order chi connectivity index (χ1) is 12.6. The van der Waals surface area contributed by atoms with E-state index in [0.717, 1.165) is 29.7 Å². The van der Waals surface area contributed by atoms with Gasteiger partial charge in [-0.1, -0.05) is 30.3 Å². The zero-order valence-electron chi connectivity index (χ0n) is 14.9. The van der Waals surface area contributed by atoms with Crippen molar-refractivity contribution in [1.82, 2.24) is 4.90 Å². The molecule has 2 amide bonds. The van der Waals surface area contributed by atoms with E-state index in [1.54, 1.807) is 11.1 Å². The normalized spacial score (nSPS) is 17.6. The number of nitrogens with one attached hydrogen (secondary N) is 1. The highest BCUT2D eigenvalue weighted by molar-refractivity contribution is 5.92. The number of hydrogen-bond acceptors (Lipinski definition) is 2. The summed E-state index contributed by atoms with van der Waals surface area (Å²) in [7, 11) is 0. The van der Waals surface area contributed by atoms with Gasteiger partial charge < -0.3 is 10.2 Å². The van der Waals surface area contributed by atoms with Crippen LogP contribution >= 0.6 is 0 Å². The molecule has 1 unspecified atom stereocenters. The van der Waals surface area contributed by atoms with Gasteiger partial charge in [-0.3, -0.25) is 9.59 Å². The van der Waals surface area contributed by atoms with Crippen molar-refractivity contribution in [3.63, 3.8) is 0 Å². The van der Waals surface area contributed by atoms with E-state index in [2.05, 4.69) is 17.4 Å². The van der Waals surface area contributed by atoms with Gasteiger partial charge in [0.05, 0.1) is 12.5 Å². The Morgan fingerprint density at radius 1 is 1.12 bits per heavy atom. The lowest BCUT2D eigenvalue weighted by Gasteiger charge is -2.32. The molecule has 4 nitrogen and oxygen atoms in total. The number of anilines is 1. The molecule has 0 spiro atoms. The fourth-order valence-corrected chi connectivity index (χ4v) is 3.95. The number of carbonyl (C=O) groups excluding carboxylic acids is 2. The van der Waals surface area contributed by atoms with E-state index in [1.165, 1.54) is 24.5 Å². The van der Waals surface area contributed by atoms with Crippen LogP contribution < -0.4 is 5.32 Å². The molecule has 0 saturated carbocycles. The summed E-state index contributed by atoms with van der Waals surface area (Å²) in [5, 5.41) is 3.01. The second kappa shape index (κ2) is 6.79. The molecule has 1 aliphatic heterocycles. The zero-order valence-corrected chi connectivity index (χ0v) is 14.9. The second-order valence-electron chi connectivity index (χ2n) is 6.98. The average molecular weight is 346 g/mol. The van der Waals surface area contributed by atoms with Crippen LogP contribution in [0.2, 0.25) is 0 Å². The SMILES string of the molecule is CC(=O)N1C=Cc2ccccc2C1CC(=O)Nc1ccc2c(c1)CCC2. The molecule has 2 aromatic rings. The smallest absolute Gasteiger partial charge is 0.226 e. The molecule has 1 N–H and O–H groups in total. The summed E-state index contributed by atoms with van der Waals surface area (Å²) < 4.78 is 0. The quantitative estimate of drug-likeness (QED) is 0.910. The minimum absolute atomic E-state index is 0.0638. The highest BCUT2D eigenvalue weighted by Gasteiger charge is 2.28. The topological polar surface area (TPSA) is 49.4 Å². The predicted octanol–water partition coefficient (Wildman–Crippen LogP) is 4.08. The van der Waals surface area contributed by atoms with Gasteiger partial charge in [-0.25, -0.2) is 0 Å². The molecule has 0 aromatic heterocycles. The van der Waals surface area contributed by atoms with Crippen LogP contribution in [0.1, 0.15) is 48.1 Å².